The predicted molar refractivity (Wildman–Crippen MR) is 143 cm³/mol. The van der Waals surface area contributed by atoms with Crippen molar-refractivity contribution >= 4 is 34.8 Å². The van der Waals surface area contributed by atoms with E-state index in [9.17, 15) is 14.4 Å². The molecule has 1 saturated heterocycles. The molecule has 37 heavy (non-hydrogen) atoms. The number of likely N-dealkylation sites (tertiary alicyclic amines) is 1. The number of hydrogen-bond donors (Lipinski definition) is 0. The number of esters is 2. The van der Waals surface area contributed by atoms with E-state index < -0.39 is 12.0 Å². The minimum Gasteiger partial charge on any atom is -0.466 e. The summed E-state index contributed by atoms with van der Waals surface area (Å²) in [5.41, 5.74) is 5.10. The molecule has 0 bridgehead atoms. The van der Waals surface area contributed by atoms with Crippen LogP contribution in [0.25, 0.3) is 0 Å². The molecule has 3 heterocycles. The van der Waals surface area contributed by atoms with Gasteiger partial charge in [0.15, 0.2) is 5.17 Å². The van der Waals surface area contributed by atoms with Gasteiger partial charge in [-0.1, -0.05) is 42.4 Å². The molecule has 198 valence electrons. The number of amidine groups is 1. The zero-order valence-corrected chi connectivity index (χ0v) is 23.0. The Labute approximate surface area is 222 Å². The first-order chi connectivity index (χ1) is 17.8. The third-order valence-electron chi connectivity index (χ3n) is 7.08. The number of aryl methyl sites for hydroxylation is 2. The van der Waals surface area contributed by atoms with Gasteiger partial charge in [0.1, 0.15) is 0 Å². The molecule has 8 nitrogen and oxygen atoms in total. The van der Waals surface area contributed by atoms with Crippen LogP contribution in [0.15, 0.2) is 45.6 Å². The van der Waals surface area contributed by atoms with Crippen LogP contribution in [-0.4, -0.2) is 59.6 Å². The van der Waals surface area contributed by atoms with Crippen molar-refractivity contribution in [2.45, 2.75) is 59.4 Å². The van der Waals surface area contributed by atoms with Crippen molar-refractivity contribution in [1.82, 2.24) is 9.80 Å². The highest BCUT2D eigenvalue weighted by molar-refractivity contribution is 8.16. The third-order valence-corrected chi connectivity index (χ3v) is 7.97. The molecule has 0 radical (unpaired) electrons. The Bertz CT molecular complexity index is 1190. The SMILES string of the molecule is CCOC(=O)C1CCCN(C(=O)CC2=CSC3=NC(CC)=C(C(=O)OC)C(c4cc(C)ccc4C)N23)C1. The quantitative estimate of drug-likeness (QED) is 0.480. The van der Waals surface area contributed by atoms with E-state index in [2.05, 4.69) is 12.1 Å². The van der Waals surface area contributed by atoms with E-state index >= 15 is 0 Å². The average molecular weight is 526 g/mol. The lowest BCUT2D eigenvalue weighted by Crippen LogP contribution is -2.44. The number of benzene rings is 1. The maximum absolute atomic E-state index is 13.5. The molecule has 0 N–H and O–H groups in total. The molecular formula is C28H35N3O5S. The standard InChI is InChI=1S/C28H35N3O5S/c1-6-22-24(27(34)35-5)25(21-13-17(3)10-11-18(21)4)31-20(16-37-28(31)29-22)14-23(32)30-12-8-9-19(15-30)26(33)36-7-2/h10-11,13,16,19,25H,6-9,12,14-15H2,1-5H3. The molecule has 2 unspecified atom stereocenters. The van der Waals surface area contributed by atoms with Gasteiger partial charge in [-0.05, 0) is 56.6 Å². The Kier molecular flexibility index (Phi) is 8.42. The van der Waals surface area contributed by atoms with Gasteiger partial charge in [-0.15, -0.1) is 0 Å². The van der Waals surface area contributed by atoms with E-state index in [-0.39, 0.29) is 24.2 Å². The highest BCUT2D eigenvalue weighted by Crippen LogP contribution is 2.46. The fraction of sp³-hybridized carbons (Fsp3) is 0.500. The van der Waals surface area contributed by atoms with Crippen molar-refractivity contribution in [2.24, 2.45) is 10.9 Å². The van der Waals surface area contributed by atoms with Gasteiger partial charge in [0.05, 0.1) is 43.4 Å². The number of amides is 1. The maximum atomic E-state index is 13.5. The van der Waals surface area contributed by atoms with Crippen LogP contribution in [0.5, 0.6) is 0 Å². The highest BCUT2D eigenvalue weighted by Gasteiger charge is 2.42. The Morgan fingerprint density at radius 1 is 1.19 bits per heavy atom. The molecule has 4 rings (SSSR count). The van der Waals surface area contributed by atoms with Gasteiger partial charge >= 0.3 is 11.9 Å². The number of ether oxygens (including phenoxy) is 2. The van der Waals surface area contributed by atoms with E-state index in [1.165, 1.54) is 18.9 Å². The van der Waals surface area contributed by atoms with Crippen LogP contribution in [0.1, 0.15) is 62.3 Å². The largest absolute Gasteiger partial charge is 0.466 e. The number of carbonyl (C=O) groups is 3. The van der Waals surface area contributed by atoms with Crippen molar-refractivity contribution in [1.29, 1.82) is 0 Å². The van der Waals surface area contributed by atoms with Crippen LogP contribution >= 0.6 is 11.8 Å². The molecule has 0 aliphatic carbocycles. The summed E-state index contributed by atoms with van der Waals surface area (Å²) < 4.78 is 10.4. The first-order valence-electron chi connectivity index (χ1n) is 12.9. The normalized spacial score (nSPS) is 21.3. The van der Waals surface area contributed by atoms with Gasteiger partial charge < -0.3 is 19.3 Å². The summed E-state index contributed by atoms with van der Waals surface area (Å²) in [7, 11) is 1.39. The van der Waals surface area contributed by atoms with E-state index in [1.807, 2.05) is 37.1 Å². The van der Waals surface area contributed by atoms with Gasteiger partial charge in [-0.25, -0.2) is 9.79 Å². The summed E-state index contributed by atoms with van der Waals surface area (Å²) in [6.07, 6.45) is 2.23. The van der Waals surface area contributed by atoms with Crippen LogP contribution in [0.2, 0.25) is 0 Å². The van der Waals surface area contributed by atoms with Crippen molar-refractivity contribution in [3.05, 3.63) is 57.3 Å². The molecule has 1 aromatic carbocycles. The second-order valence-electron chi connectivity index (χ2n) is 9.57. The first-order valence-corrected chi connectivity index (χ1v) is 13.7. The third kappa shape index (κ3) is 5.46. The van der Waals surface area contributed by atoms with Crippen LogP contribution in [0.4, 0.5) is 0 Å². The van der Waals surface area contributed by atoms with Gasteiger partial charge in [-0.3, -0.25) is 9.59 Å². The fourth-order valence-electron chi connectivity index (χ4n) is 5.18. The zero-order valence-electron chi connectivity index (χ0n) is 22.2. The minimum absolute atomic E-state index is 0.0494. The predicted octanol–water partition coefficient (Wildman–Crippen LogP) is 4.63. The molecule has 9 heteroatoms. The van der Waals surface area contributed by atoms with Crippen LogP contribution in [0, 0.1) is 19.8 Å². The smallest absolute Gasteiger partial charge is 0.338 e. The lowest BCUT2D eigenvalue weighted by Gasteiger charge is -2.38. The van der Waals surface area contributed by atoms with Crippen LogP contribution < -0.4 is 0 Å². The van der Waals surface area contributed by atoms with E-state index in [0.29, 0.717) is 37.4 Å². The zero-order chi connectivity index (χ0) is 26.7. The van der Waals surface area contributed by atoms with Crippen molar-refractivity contribution < 1.29 is 23.9 Å². The number of allylic oxidation sites excluding steroid dienone is 1. The Balaban J connectivity index is 1.66. The van der Waals surface area contributed by atoms with Gasteiger partial charge in [0.2, 0.25) is 5.91 Å². The Hall–Kier alpha value is -3.07. The second kappa shape index (κ2) is 11.5. The summed E-state index contributed by atoms with van der Waals surface area (Å²) in [5.74, 6) is -0.996. The number of aliphatic imine (C=N–C) groups is 1. The van der Waals surface area contributed by atoms with Gasteiger partial charge in [-0.2, -0.15) is 0 Å². The van der Waals surface area contributed by atoms with E-state index in [4.69, 9.17) is 14.5 Å². The lowest BCUT2D eigenvalue weighted by molar-refractivity contribution is -0.151. The summed E-state index contributed by atoms with van der Waals surface area (Å²) in [6.45, 7) is 9.14. The molecule has 3 aliphatic heterocycles. The summed E-state index contributed by atoms with van der Waals surface area (Å²) >= 11 is 1.47. The molecule has 1 aromatic rings. The Morgan fingerprint density at radius 3 is 2.68 bits per heavy atom. The summed E-state index contributed by atoms with van der Waals surface area (Å²) in [5, 5.41) is 2.70. The second-order valence-corrected chi connectivity index (χ2v) is 10.4. The number of fused-ring (bicyclic) bond motifs is 1. The number of methoxy groups -OCH3 is 1. The molecule has 2 atom stereocenters. The number of rotatable bonds is 7. The highest BCUT2D eigenvalue weighted by atomic mass is 32.2. The number of carbonyl (C=O) groups excluding carboxylic acids is 3. The number of nitrogens with zero attached hydrogens (tertiary/aromatic N) is 3. The number of thioether (sulfide) groups is 1. The molecule has 1 amide bonds. The Morgan fingerprint density at radius 2 is 1.97 bits per heavy atom. The van der Waals surface area contributed by atoms with Gasteiger partial charge in [0.25, 0.3) is 0 Å². The molecule has 0 saturated carbocycles. The lowest BCUT2D eigenvalue weighted by atomic mass is 9.89. The topological polar surface area (TPSA) is 88.5 Å². The maximum Gasteiger partial charge on any atom is 0.338 e. The van der Waals surface area contributed by atoms with Crippen molar-refractivity contribution in [3.8, 4) is 0 Å². The first kappa shape index (κ1) is 27.0. The molecule has 3 aliphatic rings. The fourth-order valence-corrected chi connectivity index (χ4v) is 6.12. The van der Waals surface area contributed by atoms with Crippen molar-refractivity contribution in [3.63, 3.8) is 0 Å². The molecular weight excluding hydrogens is 490 g/mol. The number of piperidine rings is 1. The van der Waals surface area contributed by atoms with Crippen molar-refractivity contribution in [2.75, 3.05) is 26.8 Å². The summed E-state index contributed by atoms with van der Waals surface area (Å²) in [4.78, 5) is 47.5. The molecule has 0 aromatic heterocycles. The molecule has 0 spiro atoms. The molecule has 1 fully saturated rings. The van der Waals surface area contributed by atoms with Gasteiger partial charge in [0, 0.05) is 18.8 Å². The summed E-state index contributed by atoms with van der Waals surface area (Å²) in [6, 6.07) is 5.75. The van der Waals surface area contributed by atoms with E-state index in [1.54, 1.807) is 11.8 Å². The monoisotopic (exact) mass is 525 g/mol. The van der Waals surface area contributed by atoms with Crippen LogP contribution in [-0.2, 0) is 23.9 Å². The minimum atomic E-state index is -0.447. The number of hydrogen-bond acceptors (Lipinski definition) is 8. The van der Waals surface area contributed by atoms with Crippen LogP contribution in [0.3, 0.4) is 0 Å². The van der Waals surface area contributed by atoms with E-state index in [0.717, 1.165) is 40.4 Å². The average Bonchev–Trinajstić information content (AvgIpc) is 3.30.